The van der Waals surface area contributed by atoms with Crippen LogP contribution in [0.15, 0.2) is 28.8 Å². The van der Waals surface area contributed by atoms with Crippen LogP contribution in [-0.2, 0) is 5.54 Å². The lowest BCUT2D eigenvalue weighted by atomic mass is 10.3. The molecule has 3 rings (SSSR count). The molecular weight excluding hydrogens is 266 g/mol. The molecule has 5 nitrogen and oxygen atoms in total. The summed E-state index contributed by atoms with van der Waals surface area (Å²) in [7, 11) is 0. The maximum atomic E-state index is 6.01. The van der Waals surface area contributed by atoms with Gasteiger partial charge in [-0.15, -0.1) is 0 Å². The van der Waals surface area contributed by atoms with E-state index in [0.717, 1.165) is 12.8 Å². The molecule has 6 heteroatoms. The minimum Gasteiger partial charge on any atom is -0.481 e. The largest absolute Gasteiger partial charge is 0.481 e. The van der Waals surface area contributed by atoms with Gasteiger partial charge in [-0.1, -0.05) is 16.8 Å². The van der Waals surface area contributed by atoms with Crippen molar-refractivity contribution < 1.29 is 9.26 Å². The topological polar surface area (TPSA) is 74.2 Å². The standard InChI is InChI=1S/C13H14ClN3O2/c1-8(18-10-4-2-9(14)3-5-10)11-16-12(17-19-11)13(15)6-7-13/h2-5,8H,6-7,15H2,1H3/t8-/m0/s1. The van der Waals surface area contributed by atoms with E-state index in [1.807, 2.05) is 6.92 Å². The number of ether oxygens (including phenoxy) is 1. The first-order valence-corrected chi connectivity index (χ1v) is 6.50. The Morgan fingerprint density at radius 3 is 2.68 bits per heavy atom. The number of halogens is 1. The monoisotopic (exact) mass is 279 g/mol. The van der Waals surface area contributed by atoms with E-state index in [4.69, 9.17) is 26.6 Å². The molecule has 1 aliphatic rings. The van der Waals surface area contributed by atoms with Crippen LogP contribution in [0.3, 0.4) is 0 Å². The first-order valence-electron chi connectivity index (χ1n) is 6.12. The Morgan fingerprint density at radius 2 is 2.05 bits per heavy atom. The molecule has 1 aliphatic carbocycles. The quantitative estimate of drug-likeness (QED) is 0.931. The summed E-state index contributed by atoms with van der Waals surface area (Å²) in [4.78, 5) is 4.30. The van der Waals surface area contributed by atoms with Crippen molar-refractivity contribution in [3.63, 3.8) is 0 Å². The highest BCUT2D eigenvalue weighted by molar-refractivity contribution is 6.30. The second-order valence-electron chi connectivity index (χ2n) is 4.83. The number of benzene rings is 1. The molecule has 0 aliphatic heterocycles. The van der Waals surface area contributed by atoms with Crippen LogP contribution in [0.1, 0.15) is 37.6 Å². The Balaban J connectivity index is 1.71. The molecule has 0 unspecified atom stereocenters. The zero-order valence-corrected chi connectivity index (χ0v) is 11.2. The van der Waals surface area contributed by atoms with E-state index in [1.54, 1.807) is 24.3 Å². The van der Waals surface area contributed by atoms with Gasteiger partial charge in [0, 0.05) is 5.02 Å². The summed E-state index contributed by atoms with van der Waals surface area (Å²) in [6, 6.07) is 7.12. The molecule has 1 fully saturated rings. The van der Waals surface area contributed by atoms with E-state index in [9.17, 15) is 0 Å². The number of aromatic nitrogens is 2. The number of hydrogen-bond donors (Lipinski definition) is 1. The lowest BCUT2D eigenvalue weighted by Crippen LogP contribution is -2.20. The zero-order chi connectivity index (χ0) is 13.5. The summed E-state index contributed by atoms with van der Waals surface area (Å²) in [5, 5.41) is 4.58. The van der Waals surface area contributed by atoms with Crippen LogP contribution >= 0.6 is 11.6 Å². The highest BCUT2D eigenvalue weighted by Crippen LogP contribution is 2.41. The van der Waals surface area contributed by atoms with Crippen molar-refractivity contribution in [1.29, 1.82) is 0 Å². The van der Waals surface area contributed by atoms with Crippen LogP contribution in [-0.4, -0.2) is 10.1 Å². The Hall–Kier alpha value is -1.59. The van der Waals surface area contributed by atoms with Gasteiger partial charge in [-0.25, -0.2) is 0 Å². The lowest BCUT2D eigenvalue weighted by molar-refractivity contribution is 0.175. The maximum absolute atomic E-state index is 6.01. The molecule has 2 N–H and O–H groups in total. The summed E-state index contributed by atoms with van der Waals surface area (Å²) in [5.74, 6) is 1.70. The van der Waals surface area contributed by atoms with Gasteiger partial charge in [0.15, 0.2) is 11.9 Å². The van der Waals surface area contributed by atoms with E-state index in [2.05, 4.69) is 10.1 Å². The minimum absolute atomic E-state index is 0.329. The van der Waals surface area contributed by atoms with Crippen molar-refractivity contribution in [3.8, 4) is 5.75 Å². The van der Waals surface area contributed by atoms with Crippen LogP contribution < -0.4 is 10.5 Å². The number of nitrogens with two attached hydrogens (primary N) is 1. The van der Waals surface area contributed by atoms with Crippen molar-refractivity contribution >= 4 is 11.6 Å². The first kappa shape index (κ1) is 12.4. The Labute approximate surface area is 115 Å². The Bertz CT molecular complexity index is 578. The SMILES string of the molecule is C[C@H](Oc1ccc(Cl)cc1)c1nc(C2(N)CC2)no1. The zero-order valence-electron chi connectivity index (χ0n) is 10.5. The molecule has 0 bridgehead atoms. The summed E-state index contributed by atoms with van der Waals surface area (Å²) in [5.41, 5.74) is 5.62. The number of nitrogens with zero attached hydrogens (tertiary/aromatic N) is 2. The van der Waals surface area contributed by atoms with Crippen LogP contribution in [0.4, 0.5) is 0 Å². The minimum atomic E-state index is -0.387. The third kappa shape index (κ3) is 2.57. The molecule has 0 radical (unpaired) electrons. The van der Waals surface area contributed by atoms with Crippen LogP contribution in [0.2, 0.25) is 5.02 Å². The van der Waals surface area contributed by atoms with Gasteiger partial charge in [-0.05, 0) is 44.0 Å². The van der Waals surface area contributed by atoms with Gasteiger partial charge in [0.05, 0.1) is 5.54 Å². The van der Waals surface area contributed by atoms with Crippen molar-refractivity contribution in [2.75, 3.05) is 0 Å². The van der Waals surface area contributed by atoms with Gasteiger partial charge in [0.1, 0.15) is 5.75 Å². The van der Waals surface area contributed by atoms with Crippen LogP contribution in [0.25, 0.3) is 0 Å². The van der Waals surface area contributed by atoms with E-state index >= 15 is 0 Å². The fraction of sp³-hybridized carbons (Fsp3) is 0.385. The molecule has 19 heavy (non-hydrogen) atoms. The van der Waals surface area contributed by atoms with Gasteiger partial charge >= 0.3 is 0 Å². The summed E-state index contributed by atoms with van der Waals surface area (Å²) in [6.45, 7) is 1.85. The molecule has 0 saturated heterocycles. The first-order chi connectivity index (χ1) is 9.07. The highest BCUT2D eigenvalue weighted by atomic mass is 35.5. The summed E-state index contributed by atoms with van der Waals surface area (Å²) >= 11 is 5.82. The average Bonchev–Trinajstić information content (AvgIpc) is 2.95. The Kier molecular flexibility index (Phi) is 2.95. The fourth-order valence-corrected chi connectivity index (χ4v) is 1.85. The molecule has 1 heterocycles. The third-order valence-corrected chi connectivity index (χ3v) is 3.40. The second kappa shape index (κ2) is 4.51. The highest BCUT2D eigenvalue weighted by Gasteiger charge is 2.44. The normalized spacial score (nSPS) is 18.1. The molecule has 1 saturated carbocycles. The smallest absolute Gasteiger partial charge is 0.267 e. The molecule has 0 amide bonds. The predicted molar refractivity (Wildman–Crippen MR) is 69.9 cm³/mol. The van der Waals surface area contributed by atoms with Gasteiger partial charge in [-0.2, -0.15) is 4.98 Å². The van der Waals surface area contributed by atoms with Gasteiger partial charge in [-0.3, -0.25) is 0 Å². The second-order valence-corrected chi connectivity index (χ2v) is 5.26. The number of rotatable bonds is 4. The van der Waals surface area contributed by atoms with Gasteiger partial charge in [0.25, 0.3) is 5.89 Å². The number of hydrogen-bond acceptors (Lipinski definition) is 5. The maximum Gasteiger partial charge on any atom is 0.267 e. The van der Waals surface area contributed by atoms with Crippen LogP contribution in [0.5, 0.6) is 5.75 Å². The molecule has 1 aromatic heterocycles. The third-order valence-electron chi connectivity index (χ3n) is 3.15. The van der Waals surface area contributed by atoms with E-state index in [1.165, 1.54) is 0 Å². The predicted octanol–water partition coefficient (Wildman–Crippen LogP) is 2.81. The molecule has 0 spiro atoms. The van der Waals surface area contributed by atoms with Gasteiger partial charge in [0.2, 0.25) is 0 Å². The molecule has 1 atom stereocenters. The van der Waals surface area contributed by atoms with E-state index < -0.39 is 0 Å². The molecule has 1 aromatic carbocycles. The van der Waals surface area contributed by atoms with E-state index in [-0.39, 0.29) is 11.6 Å². The van der Waals surface area contributed by atoms with Crippen molar-refractivity contribution in [1.82, 2.24) is 10.1 Å². The molecule has 2 aromatic rings. The average molecular weight is 280 g/mol. The van der Waals surface area contributed by atoms with Crippen LogP contribution in [0, 0.1) is 0 Å². The van der Waals surface area contributed by atoms with Gasteiger partial charge < -0.3 is 15.0 Å². The van der Waals surface area contributed by atoms with Crippen molar-refractivity contribution in [2.45, 2.75) is 31.4 Å². The lowest BCUT2D eigenvalue weighted by Gasteiger charge is -2.10. The molecular formula is C13H14ClN3O2. The summed E-state index contributed by atoms with van der Waals surface area (Å²) < 4.78 is 10.9. The van der Waals surface area contributed by atoms with Crippen molar-refractivity contribution in [3.05, 3.63) is 41.0 Å². The van der Waals surface area contributed by atoms with Crippen molar-refractivity contribution in [2.24, 2.45) is 5.73 Å². The summed E-state index contributed by atoms with van der Waals surface area (Å²) in [6.07, 6.45) is 1.47. The fourth-order valence-electron chi connectivity index (χ4n) is 1.73. The van der Waals surface area contributed by atoms with E-state index in [0.29, 0.717) is 22.5 Å². The Morgan fingerprint density at radius 1 is 1.37 bits per heavy atom. The molecule has 100 valence electrons.